The average molecular weight is 322 g/mol. The monoisotopic (exact) mass is 321 g/mol. The number of rotatable bonds is 4. The summed E-state index contributed by atoms with van der Waals surface area (Å²) < 4.78 is 6.03. The van der Waals surface area contributed by atoms with E-state index >= 15 is 0 Å². The minimum absolute atomic E-state index is 0.271. The Balaban J connectivity index is 2.07. The summed E-state index contributed by atoms with van der Waals surface area (Å²) in [5.41, 5.74) is 2.03. The highest BCUT2D eigenvalue weighted by Crippen LogP contribution is 2.38. The van der Waals surface area contributed by atoms with Gasteiger partial charge < -0.3 is 4.74 Å². The fraction of sp³-hybridized carbons (Fsp3) is 0.562. The Hall–Kier alpha value is -1.01. The Labute approximate surface area is 123 Å². The van der Waals surface area contributed by atoms with Gasteiger partial charge in [0.05, 0.1) is 18.2 Å². The summed E-state index contributed by atoms with van der Waals surface area (Å²) in [7, 11) is 0. The lowest BCUT2D eigenvalue weighted by Crippen LogP contribution is -2.32. The second-order valence-corrected chi connectivity index (χ2v) is 6.14. The smallest absolute Gasteiger partial charge is 0.123 e. The molecule has 1 aliphatic rings. The molecule has 1 aromatic carbocycles. The van der Waals surface area contributed by atoms with Crippen molar-refractivity contribution >= 4 is 15.9 Å². The first-order valence-electron chi connectivity index (χ1n) is 6.89. The number of alkyl halides is 1. The second kappa shape index (κ2) is 6.43. The molecule has 1 saturated carbocycles. The fourth-order valence-electron chi connectivity index (χ4n) is 2.67. The number of halogens is 1. The molecule has 1 aliphatic carbocycles. The SMILES string of the molecule is Cc1ccc(C#N)cc1OCC1(CBr)CCCCC1. The largest absolute Gasteiger partial charge is 0.493 e. The van der Waals surface area contributed by atoms with E-state index in [0.29, 0.717) is 5.56 Å². The van der Waals surface area contributed by atoms with Crippen LogP contribution in [0.1, 0.15) is 43.2 Å². The third-order valence-electron chi connectivity index (χ3n) is 4.05. The molecular formula is C16H20BrNO. The van der Waals surface area contributed by atoms with Crippen molar-refractivity contribution in [3.63, 3.8) is 0 Å². The molecule has 0 aromatic heterocycles. The maximum Gasteiger partial charge on any atom is 0.123 e. The molecule has 0 amide bonds. The fourth-order valence-corrected chi connectivity index (χ4v) is 3.40. The molecule has 3 heteroatoms. The summed E-state index contributed by atoms with van der Waals surface area (Å²) in [6.45, 7) is 2.77. The number of ether oxygens (including phenoxy) is 1. The first-order valence-corrected chi connectivity index (χ1v) is 8.01. The minimum atomic E-state index is 0.271. The van der Waals surface area contributed by atoms with Gasteiger partial charge in [-0.25, -0.2) is 0 Å². The number of hydrogen-bond acceptors (Lipinski definition) is 2. The van der Waals surface area contributed by atoms with Crippen LogP contribution in [0.2, 0.25) is 0 Å². The van der Waals surface area contributed by atoms with Crippen molar-refractivity contribution in [3.05, 3.63) is 29.3 Å². The number of nitrogens with zero attached hydrogens (tertiary/aromatic N) is 1. The van der Waals surface area contributed by atoms with Crippen molar-refractivity contribution in [2.75, 3.05) is 11.9 Å². The van der Waals surface area contributed by atoms with E-state index in [1.165, 1.54) is 32.1 Å². The van der Waals surface area contributed by atoms with Crippen molar-refractivity contribution < 1.29 is 4.74 Å². The van der Waals surface area contributed by atoms with Gasteiger partial charge in [-0.1, -0.05) is 41.3 Å². The summed E-state index contributed by atoms with van der Waals surface area (Å²) in [5.74, 6) is 0.852. The minimum Gasteiger partial charge on any atom is -0.493 e. The van der Waals surface area contributed by atoms with Crippen molar-refractivity contribution in [2.45, 2.75) is 39.0 Å². The van der Waals surface area contributed by atoms with Crippen LogP contribution >= 0.6 is 15.9 Å². The van der Waals surface area contributed by atoms with Gasteiger partial charge in [-0.05, 0) is 37.5 Å². The van der Waals surface area contributed by atoms with Gasteiger partial charge in [0.25, 0.3) is 0 Å². The Morgan fingerprint density at radius 2 is 2.05 bits per heavy atom. The highest BCUT2D eigenvalue weighted by molar-refractivity contribution is 9.09. The Bertz CT molecular complexity index is 472. The van der Waals surface area contributed by atoms with E-state index in [1.54, 1.807) is 0 Å². The molecule has 2 rings (SSSR count). The van der Waals surface area contributed by atoms with Crippen LogP contribution in [0, 0.1) is 23.7 Å². The molecular weight excluding hydrogens is 302 g/mol. The molecule has 0 heterocycles. The van der Waals surface area contributed by atoms with Crippen LogP contribution in [0.25, 0.3) is 0 Å². The molecule has 19 heavy (non-hydrogen) atoms. The lowest BCUT2D eigenvalue weighted by atomic mass is 9.76. The molecule has 0 aliphatic heterocycles. The first-order chi connectivity index (χ1) is 9.19. The van der Waals surface area contributed by atoms with E-state index < -0.39 is 0 Å². The normalized spacial score (nSPS) is 17.7. The molecule has 0 saturated heterocycles. The summed E-state index contributed by atoms with van der Waals surface area (Å²) in [5, 5.41) is 9.95. The standard InChI is InChI=1S/C16H20BrNO/c1-13-5-6-14(10-18)9-15(13)19-12-16(11-17)7-3-2-4-8-16/h5-6,9H,2-4,7-8,11-12H2,1H3. The van der Waals surface area contributed by atoms with Gasteiger partial charge in [-0.2, -0.15) is 5.26 Å². The van der Waals surface area contributed by atoms with E-state index in [1.807, 2.05) is 25.1 Å². The van der Waals surface area contributed by atoms with Crippen LogP contribution in [-0.4, -0.2) is 11.9 Å². The van der Waals surface area contributed by atoms with Crippen LogP contribution in [0.15, 0.2) is 18.2 Å². The van der Waals surface area contributed by atoms with Gasteiger partial charge in [0.15, 0.2) is 0 Å². The van der Waals surface area contributed by atoms with Gasteiger partial charge in [-0.3, -0.25) is 0 Å². The molecule has 0 bridgehead atoms. The van der Waals surface area contributed by atoms with Gasteiger partial charge in [-0.15, -0.1) is 0 Å². The lowest BCUT2D eigenvalue weighted by Gasteiger charge is -2.35. The number of aryl methyl sites for hydroxylation is 1. The van der Waals surface area contributed by atoms with Gasteiger partial charge in [0, 0.05) is 10.7 Å². The van der Waals surface area contributed by atoms with E-state index in [-0.39, 0.29) is 5.41 Å². The first kappa shape index (κ1) is 14.4. The predicted octanol–water partition coefficient (Wildman–Crippen LogP) is 4.59. The van der Waals surface area contributed by atoms with Crippen molar-refractivity contribution in [1.29, 1.82) is 5.26 Å². The topological polar surface area (TPSA) is 33.0 Å². The molecule has 0 radical (unpaired) electrons. The van der Waals surface area contributed by atoms with Crippen LogP contribution in [0.3, 0.4) is 0 Å². The molecule has 0 spiro atoms. The highest BCUT2D eigenvalue weighted by atomic mass is 79.9. The van der Waals surface area contributed by atoms with E-state index in [9.17, 15) is 0 Å². The lowest BCUT2D eigenvalue weighted by molar-refractivity contribution is 0.121. The zero-order valence-electron chi connectivity index (χ0n) is 11.4. The van der Waals surface area contributed by atoms with Crippen LogP contribution in [0.4, 0.5) is 0 Å². The Morgan fingerprint density at radius 1 is 1.32 bits per heavy atom. The second-order valence-electron chi connectivity index (χ2n) is 5.58. The third-order valence-corrected chi connectivity index (χ3v) is 5.24. The molecule has 1 aromatic rings. The van der Waals surface area contributed by atoms with E-state index in [2.05, 4.69) is 22.0 Å². The quantitative estimate of drug-likeness (QED) is 0.760. The van der Waals surface area contributed by atoms with Gasteiger partial charge >= 0.3 is 0 Å². The maximum absolute atomic E-state index is 8.95. The van der Waals surface area contributed by atoms with Gasteiger partial charge in [0.1, 0.15) is 5.75 Å². The molecule has 1 fully saturated rings. The molecule has 0 N–H and O–H groups in total. The zero-order valence-corrected chi connectivity index (χ0v) is 13.0. The third kappa shape index (κ3) is 3.51. The van der Waals surface area contributed by atoms with Crippen molar-refractivity contribution in [1.82, 2.24) is 0 Å². The highest BCUT2D eigenvalue weighted by Gasteiger charge is 2.32. The van der Waals surface area contributed by atoms with Gasteiger partial charge in [0.2, 0.25) is 0 Å². The summed E-state index contributed by atoms with van der Waals surface area (Å²) in [6.07, 6.45) is 6.40. The van der Waals surface area contributed by atoms with E-state index in [0.717, 1.165) is 23.2 Å². The summed E-state index contributed by atoms with van der Waals surface area (Å²) >= 11 is 3.66. The molecule has 0 unspecified atom stereocenters. The van der Waals surface area contributed by atoms with E-state index in [4.69, 9.17) is 10.00 Å². The van der Waals surface area contributed by atoms with Crippen molar-refractivity contribution in [2.24, 2.45) is 5.41 Å². The Morgan fingerprint density at radius 3 is 2.68 bits per heavy atom. The van der Waals surface area contributed by atoms with Crippen LogP contribution < -0.4 is 4.74 Å². The summed E-state index contributed by atoms with van der Waals surface area (Å²) in [6, 6.07) is 7.80. The van der Waals surface area contributed by atoms with Crippen LogP contribution in [-0.2, 0) is 0 Å². The predicted molar refractivity (Wildman–Crippen MR) is 80.7 cm³/mol. The molecule has 2 nitrogen and oxygen atoms in total. The van der Waals surface area contributed by atoms with Crippen LogP contribution in [0.5, 0.6) is 5.75 Å². The zero-order chi connectivity index (χ0) is 13.7. The van der Waals surface area contributed by atoms with Crippen molar-refractivity contribution in [3.8, 4) is 11.8 Å². The number of hydrogen-bond donors (Lipinski definition) is 0. The number of benzene rings is 1. The molecule has 102 valence electrons. The molecule has 0 atom stereocenters. The average Bonchev–Trinajstić information content (AvgIpc) is 2.47. The summed E-state index contributed by atoms with van der Waals surface area (Å²) in [4.78, 5) is 0. The maximum atomic E-state index is 8.95. The Kier molecular flexibility index (Phi) is 4.87. The number of nitriles is 1.